The molecule has 0 fully saturated rings. The van der Waals surface area contributed by atoms with Crippen LogP contribution in [0.5, 0.6) is 0 Å². The van der Waals surface area contributed by atoms with Crippen molar-refractivity contribution in [1.29, 1.82) is 0 Å². The maximum absolute atomic E-state index is 12.3. The highest BCUT2D eigenvalue weighted by Crippen LogP contribution is 2.27. The molecule has 2 rings (SSSR count). The van der Waals surface area contributed by atoms with Crippen molar-refractivity contribution < 1.29 is 19.2 Å². The highest BCUT2D eigenvalue weighted by molar-refractivity contribution is 6.32. The summed E-state index contributed by atoms with van der Waals surface area (Å²) in [4.78, 5) is 34.5. The fourth-order valence-corrected chi connectivity index (χ4v) is 2.54. The molecule has 0 aliphatic heterocycles. The van der Waals surface area contributed by atoms with E-state index in [2.05, 4.69) is 17.6 Å². The summed E-state index contributed by atoms with van der Waals surface area (Å²) in [5.41, 5.74) is 0.811. The van der Waals surface area contributed by atoms with Crippen molar-refractivity contribution in [1.82, 2.24) is 0 Å². The van der Waals surface area contributed by atoms with Gasteiger partial charge in [0.2, 0.25) is 0 Å². The maximum Gasteiger partial charge on any atom is 0.340 e. The number of ether oxygens (including phenoxy) is 1. The molecule has 2 aromatic carbocycles. The molecule has 2 aromatic rings. The first kappa shape index (κ1) is 21.2. The van der Waals surface area contributed by atoms with Crippen molar-refractivity contribution >= 4 is 40.5 Å². The first-order valence-electron chi connectivity index (χ1n) is 8.66. The zero-order chi connectivity index (χ0) is 20.5. The number of unbranched alkanes of at least 4 members (excludes halogenated alkanes) is 1. The van der Waals surface area contributed by atoms with Gasteiger partial charge in [-0.25, -0.2) is 4.79 Å². The number of nitrogens with zero attached hydrogens (tertiary/aromatic N) is 1. The Hall–Kier alpha value is -3.13. The summed E-state index contributed by atoms with van der Waals surface area (Å²) in [5.74, 6) is -1.27. The van der Waals surface area contributed by atoms with Crippen LogP contribution >= 0.6 is 11.6 Å². The van der Waals surface area contributed by atoms with Crippen LogP contribution in [0.3, 0.4) is 0 Å². The van der Waals surface area contributed by atoms with Crippen LogP contribution in [-0.4, -0.2) is 30.0 Å². The molecule has 0 saturated heterocycles. The molecular weight excluding hydrogens is 386 g/mol. The normalized spacial score (nSPS) is 10.2. The number of rotatable bonds is 9. The lowest BCUT2D eigenvalue weighted by Gasteiger charge is -2.11. The van der Waals surface area contributed by atoms with E-state index in [1.165, 1.54) is 12.1 Å². The number of nitro groups is 1. The molecule has 0 aromatic heterocycles. The Labute approximate surface area is 167 Å². The number of esters is 1. The standard InChI is InChI=1S/C19H20ClN3O5/c1-2-3-10-21-16-7-5-4-6-14(16)19(25)28-12-18(24)22-13-8-9-15(20)17(11-13)23(26)27/h4-9,11,21H,2-3,10,12H2,1H3,(H,22,24). The summed E-state index contributed by atoms with van der Waals surface area (Å²) in [5, 5.41) is 16.5. The average molecular weight is 406 g/mol. The van der Waals surface area contributed by atoms with Crippen molar-refractivity contribution in [2.75, 3.05) is 23.8 Å². The fraction of sp³-hybridized carbons (Fsp3) is 0.263. The number of hydrogen-bond acceptors (Lipinski definition) is 6. The number of nitrogens with one attached hydrogen (secondary N) is 2. The van der Waals surface area contributed by atoms with Crippen molar-refractivity contribution in [3.8, 4) is 0 Å². The van der Waals surface area contributed by atoms with Gasteiger partial charge >= 0.3 is 5.97 Å². The van der Waals surface area contributed by atoms with Gasteiger partial charge in [-0.05, 0) is 30.7 Å². The van der Waals surface area contributed by atoms with Crippen LogP contribution in [0, 0.1) is 10.1 Å². The van der Waals surface area contributed by atoms with Gasteiger partial charge in [-0.3, -0.25) is 14.9 Å². The average Bonchev–Trinajstić information content (AvgIpc) is 2.68. The highest BCUT2D eigenvalue weighted by Gasteiger charge is 2.16. The van der Waals surface area contributed by atoms with E-state index in [4.69, 9.17) is 16.3 Å². The number of hydrogen-bond donors (Lipinski definition) is 2. The number of nitro benzene ring substituents is 1. The van der Waals surface area contributed by atoms with E-state index in [1.54, 1.807) is 24.3 Å². The van der Waals surface area contributed by atoms with Gasteiger partial charge in [-0.1, -0.05) is 37.1 Å². The minimum Gasteiger partial charge on any atom is -0.452 e. The van der Waals surface area contributed by atoms with Crippen LogP contribution < -0.4 is 10.6 Å². The van der Waals surface area contributed by atoms with E-state index >= 15 is 0 Å². The first-order valence-corrected chi connectivity index (χ1v) is 9.04. The van der Waals surface area contributed by atoms with Crippen LogP contribution in [0.2, 0.25) is 5.02 Å². The van der Waals surface area contributed by atoms with E-state index in [0.717, 1.165) is 25.5 Å². The number of halogens is 1. The Balaban J connectivity index is 1.95. The van der Waals surface area contributed by atoms with Crippen LogP contribution in [-0.2, 0) is 9.53 Å². The zero-order valence-electron chi connectivity index (χ0n) is 15.2. The quantitative estimate of drug-likeness (QED) is 0.279. The molecule has 0 saturated carbocycles. The lowest BCUT2D eigenvalue weighted by atomic mass is 10.1. The van der Waals surface area contributed by atoms with E-state index in [1.807, 2.05) is 0 Å². The minimum absolute atomic E-state index is 0.0402. The van der Waals surface area contributed by atoms with Crippen LogP contribution in [0.15, 0.2) is 42.5 Å². The number of para-hydroxylation sites is 1. The summed E-state index contributed by atoms with van der Waals surface area (Å²) in [6.07, 6.45) is 1.97. The Morgan fingerprint density at radius 1 is 1.21 bits per heavy atom. The third kappa shape index (κ3) is 5.95. The van der Waals surface area contributed by atoms with Crippen LogP contribution in [0.25, 0.3) is 0 Å². The van der Waals surface area contributed by atoms with Gasteiger partial charge in [0, 0.05) is 24.0 Å². The number of carbonyl (C=O) groups excluding carboxylic acids is 2. The molecular formula is C19H20ClN3O5. The van der Waals surface area contributed by atoms with Crippen molar-refractivity contribution in [2.45, 2.75) is 19.8 Å². The topological polar surface area (TPSA) is 111 Å². The van der Waals surface area contributed by atoms with E-state index in [9.17, 15) is 19.7 Å². The Morgan fingerprint density at radius 2 is 1.96 bits per heavy atom. The summed E-state index contributed by atoms with van der Waals surface area (Å²) in [7, 11) is 0. The second-order valence-corrected chi connectivity index (χ2v) is 6.28. The fourth-order valence-electron chi connectivity index (χ4n) is 2.35. The number of amides is 1. The van der Waals surface area contributed by atoms with Crippen LogP contribution in [0.4, 0.5) is 17.1 Å². The van der Waals surface area contributed by atoms with E-state index in [-0.39, 0.29) is 16.4 Å². The molecule has 0 atom stereocenters. The lowest BCUT2D eigenvalue weighted by Crippen LogP contribution is -2.21. The zero-order valence-corrected chi connectivity index (χ0v) is 16.0. The van der Waals surface area contributed by atoms with Crippen molar-refractivity contribution in [3.63, 3.8) is 0 Å². The first-order chi connectivity index (χ1) is 13.4. The molecule has 0 radical (unpaired) electrons. The van der Waals surface area contributed by atoms with Gasteiger partial charge in [-0.2, -0.15) is 0 Å². The molecule has 0 spiro atoms. The molecule has 0 aliphatic rings. The van der Waals surface area contributed by atoms with E-state index < -0.39 is 23.4 Å². The minimum atomic E-state index is -0.652. The smallest absolute Gasteiger partial charge is 0.340 e. The van der Waals surface area contributed by atoms with Gasteiger partial charge < -0.3 is 15.4 Å². The third-order valence-corrected chi connectivity index (χ3v) is 4.07. The summed E-state index contributed by atoms with van der Waals surface area (Å²) in [6, 6.07) is 10.7. The second-order valence-electron chi connectivity index (χ2n) is 5.87. The molecule has 28 heavy (non-hydrogen) atoms. The maximum atomic E-state index is 12.3. The van der Waals surface area contributed by atoms with Crippen LogP contribution in [0.1, 0.15) is 30.1 Å². The van der Waals surface area contributed by atoms with Crippen molar-refractivity contribution in [3.05, 3.63) is 63.2 Å². The molecule has 1 amide bonds. The van der Waals surface area contributed by atoms with Gasteiger partial charge in [-0.15, -0.1) is 0 Å². The second kappa shape index (κ2) is 10.3. The van der Waals surface area contributed by atoms with E-state index in [0.29, 0.717) is 11.3 Å². The molecule has 0 aliphatic carbocycles. The predicted octanol–water partition coefficient (Wildman–Crippen LogP) is 4.26. The Bertz CT molecular complexity index is 872. The molecule has 0 bridgehead atoms. The Kier molecular flexibility index (Phi) is 7.76. The third-order valence-electron chi connectivity index (χ3n) is 3.75. The van der Waals surface area contributed by atoms with Crippen molar-refractivity contribution in [2.24, 2.45) is 0 Å². The Morgan fingerprint density at radius 3 is 2.68 bits per heavy atom. The summed E-state index contributed by atoms with van der Waals surface area (Å²) < 4.78 is 5.06. The largest absolute Gasteiger partial charge is 0.452 e. The van der Waals surface area contributed by atoms with Gasteiger partial charge in [0.1, 0.15) is 5.02 Å². The number of benzene rings is 2. The molecule has 0 unspecified atom stereocenters. The number of carbonyl (C=O) groups is 2. The van der Waals surface area contributed by atoms with Gasteiger partial charge in [0.25, 0.3) is 11.6 Å². The molecule has 148 valence electrons. The van der Waals surface area contributed by atoms with Gasteiger partial charge in [0.05, 0.1) is 10.5 Å². The molecule has 0 heterocycles. The predicted molar refractivity (Wildman–Crippen MR) is 107 cm³/mol. The summed E-state index contributed by atoms with van der Waals surface area (Å²) in [6.45, 7) is 2.25. The molecule has 9 heteroatoms. The molecule has 2 N–H and O–H groups in total. The highest BCUT2D eigenvalue weighted by atomic mass is 35.5. The number of anilines is 2. The lowest BCUT2D eigenvalue weighted by molar-refractivity contribution is -0.384. The SMILES string of the molecule is CCCCNc1ccccc1C(=O)OCC(=O)Nc1ccc(Cl)c([N+](=O)[O-])c1. The summed E-state index contributed by atoms with van der Waals surface area (Å²) >= 11 is 5.73. The monoisotopic (exact) mass is 405 g/mol. The molecule has 8 nitrogen and oxygen atoms in total. The van der Waals surface area contributed by atoms with Gasteiger partial charge in [0.15, 0.2) is 6.61 Å².